The summed E-state index contributed by atoms with van der Waals surface area (Å²) in [4.78, 5) is 0. The number of aromatic hydroxyl groups is 6. The first-order valence-corrected chi connectivity index (χ1v) is 15.1. The maximum Gasteiger partial charge on any atom is 0.149 e. The van der Waals surface area contributed by atoms with Gasteiger partial charge in [0.15, 0.2) is 0 Å². The summed E-state index contributed by atoms with van der Waals surface area (Å²) in [6.07, 6.45) is 0. The summed E-state index contributed by atoms with van der Waals surface area (Å²) in [6, 6.07) is 26.8. The van der Waals surface area contributed by atoms with E-state index in [0.717, 1.165) is 21.9 Å². The van der Waals surface area contributed by atoms with E-state index in [1.54, 1.807) is 24.3 Å². The van der Waals surface area contributed by atoms with Gasteiger partial charge in [0, 0.05) is 22.3 Å². The van der Waals surface area contributed by atoms with Gasteiger partial charge in [0.2, 0.25) is 0 Å². The van der Waals surface area contributed by atoms with Crippen molar-refractivity contribution in [1.29, 1.82) is 0 Å². The second-order valence-electron chi connectivity index (χ2n) is 11.3. The Morgan fingerprint density at radius 2 is 0.870 bits per heavy atom. The van der Waals surface area contributed by atoms with Gasteiger partial charge < -0.3 is 30.6 Å². The molecule has 7 aromatic rings. The maximum atomic E-state index is 11.5. The molecule has 6 nitrogen and oxygen atoms in total. The van der Waals surface area contributed by atoms with Crippen molar-refractivity contribution in [2.24, 2.45) is 0 Å². The highest BCUT2D eigenvalue weighted by atomic mass is 35.5. The van der Waals surface area contributed by atoms with Crippen LogP contribution in [0.3, 0.4) is 0 Å². The molecule has 0 amide bonds. The zero-order chi connectivity index (χ0) is 32.6. The molecule has 0 saturated carbocycles. The lowest BCUT2D eigenvalue weighted by Crippen LogP contribution is -1.95. The molecule has 0 aliphatic carbocycles. The first kappa shape index (κ1) is 29.4. The van der Waals surface area contributed by atoms with E-state index < -0.39 is 23.0 Å². The van der Waals surface area contributed by atoms with Crippen molar-refractivity contribution < 1.29 is 30.6 Å². The van der Waals surface area contributed by atoms with Crippen LogP contribution in [0.2, 0.25) is 10.0 Å². The van der Waals surface area contributed by atoms with E-state index in [1.165, 1.54) is 13.8 Å². The molecule has 8 heteroatoms. The van der Waals surface area contributed by atoms with E-state index in [9.17, 15) is 30.6 Å². The van der Waals surface area contributed by atoms with Gasteiger partial charge in [-0.2, -0.15) is 0 Å². The van der Waals surface area contributed by atoms with E-state index in [2.05, 4.69) is 0 Å². The molecule has 0 fully saturated rings. The highest BCUT2D eigenvalue weighted by molar-refractivity contribution is 6.36. The van der Waals surface area contributed by atoms with Crippen LogP contribution in [0.4, 0.5) is 0 Å². The van der Waals surface area contributed by atoms with Crippen LogP contribution in [0.5, 0.6) is 34.5 Å². The average molecular weight is 650 g/mol. The van der Waals surface area contributed by atoms with Gasteiger partial charge in [-0.25, -0.2) is 0 Å². The summed E-state index contributed by atoms with van der Waals surface area (Å²) in [5.74, 6) is -2.60. The molecule has 0 bridgehead atoms. The van der Waals surface area contributed by atoms with Crippen molar-refractivity contribution >= 4 is 55.5 Å². The number of hydrogen-bond donors (Lipinski definition) is 6. The Bertz CT molecular complexity index is 2370. The summed E-state index contributed by atoms with van der Waals surface area (Å²) >= 11 is 12.8. The summed E-state index contributed by atoms with van der Waals surface area (Å²) in [6.45, 7) is 2.99. The molecular formula is C38H26Cl2O6. The molecule has 228 valence electrons. The van der Waals surface area contributed by atoms with Crippen LogP contribution in [0.25, 0.3) is 65.7 Å². The number of benzene rings is 7. The number of hydrogen-bond acceptors (Lipinski definition) is 6. The second-order valence-corrected chi connectivity index (χ2v) is 12.1. The molecule has 46 heavy (non-hydrogen) atoms. The molecule has 0 radical (unpaired) electrons. The third-order valence-electron chi connectivity index (χ3n) is 8.82. The van der Waals surface area contributed by atoms with E-state index >= 15 is 0 Å². The quantitative estimate of drug-likeness (QED) is 0.106. The monoisotopic (exact) mass is 648 g/mol. The number of halogens is 2. The number of phenols is 6. The van der Waals surface area contributed by atoms with Crippen LogP contribution >= 0.6 is 23.2 Å². The molecule has 0 heterocycles. The minimum atomic E-state index is -0.508. The Morgan fingerprint density at radius 1 is 0.413 bits per heavy atom. The first-order chi connectivity index (χ1) is 22.0. The van der Waals surface area contributed by atoms with Crippen molar-refractivity contribution in [1.82, 2.24) is 0 Å². The first-order valence-electron chi connectivity index (χ1n) is 14.4. The largest absolute Gasteiger partial charge is 0.507 e. The summed E-state index contributed by atoms with van der Waals surface area (Å²) in [5, 5.41) is 70.1. The molecule has 6 N–H and O–H groups in total. The second kappa shape index (κ2) is 10.7. The van der Waals surface area contributed by atoms with E-state index in [1.807, 2.05) is 60.7 Å². The molecule has 0 aromatic heterocycles. The minimum Gasteiger partial charge on any atom is -0.507 e. The Balaban J connectivity index is 1.74. The lowest BCUT2D eigenvalue weighted by Gasteiger charge is -2.22. The van der Waals surface area contributed by atoms with Crippen LogP contribution in [0, 0.1) is 13.8 Å². The molecule has 7 rings (SSSR count). The van der Waals surface area contributed by atoms with Crippen molar-refractivity contribution in [3.63, 3.8) is 0 Å². The molecule has 0 atom stereocenters. The fraction of sp³-hybridized carbons (Fsp3) is 0.0526. The van der Waals surface area contributed by atoms with Crippen molar-refractivity contribution in [2.45, 2.75) is 13.8 Å². The van der Waals surface area contributed by atoms with Gasteiger partial charge in [0.1, 0.15) is 44.5 Å². The summed E-state index contributed by atoms with van der Waals surface area (Å²) in [7, 11) is 0. The van der Waals surface area contributed by atoms with Gasteiger partial charge in [-0.05, 0) is 63.4 Å². The number of fused-ring (bicyclic) bond motifs is 3. The zero-order valence-corrected chi connectivity index (χ0v) is 26.0. The lowest BCUT2D eigenvalue weighted by molar-refractivity contribution is 0.424. The highest BCUT2D eigenvalue weighted by Crippen LogP contribution is 2.57. The Labute approximate surface area is 273 Å². The third kappa shape index (κ3) is 4.11. The molecule has 0 aliphatic heterocycles. The van der Waals surface area contributed by atoms with Gasteiger partial charge in [0.25, 0.3) is 0 Å². The van der Waals surface area contributed by atoms with Crippen molar-refractivity contribution in [3.05, 3.63) is 106 Å². The van der Waals surface area contributed by atoms with Crippen LogP contribution in [-0.2, 0) is 0 Å². The van der Waals surface area contributed by atoms with Crippen LogP contribution in [-0.4, -0.2) is 30.6 Å². The number of phenolic OH excluding ortho intramolecular Hbond substituents is 6. The predicted molar refractivity (Wildman–Crippen MR) is 185 cm³/mol. The predicted octanol–water partition coefficient (Wildman–Crippen LogP) is 10.3. The van der Waals surface area contributed by atoms with Crippen molar-refractivity contribution in [3.8, 4) is 67.9 Å². The summed E-state index contributed by atoms with van der Waals surface area (Å²) in [5.41, 5.74) is 2.78. The topological polar surface area (TPSA) is 121 Å². The minimum absolute atomic E-state index is 0.0106. The average Bonchev–Trinajstić information content (AvgIpc) is 3.08. The van der Waals surface area contributed by atoms with E-state index in [-0.39, 0.29) is 43.8 Å². The summed E-state index contributed by atoms with van der Waals surface area (Å²) < 4.78 is 0. The molecule has 0 saturated heterocycles. The normalized spacial score (nSPS) is 11.6. The molecule has 7 aromatic carbocycles. The molecule has 0 unspecified atom stereocenters. The lowest BCUT2D eigenvalue weighted by atomic mass is 9.83. The van der Waals surface area contributed by atoms with Gasteiger partial charge in [-0.3, -0.25) is 0 Å². The van der Waals surface area contributed by atoms with E-state index in [4.69, 9.17) is 23.2 Å². The molecule has 0 aliphatic rings. The number of rotatable bonds is 3. The Hall–Kier alpha value is -5.30. The highest BCUT2D eigenvalue weighted by Gasteiger charge is 2.29. The fourth-order valence-corrected chi connectivity index (χ4v) is 6.90. The third-order valence-corrected chi connectivity index (χ3v) is 9.54. The van der Waals surface area contributed by atoms with Gasteiger partial charge in [-0.1, -0.05) is 102 Å². The smallest absolute Gasteiger partial charge is 0.149 e. The van der Waals surface area contributed by atoms with Crippen LogP contribution in [0.1, 0.15) is 11.1 Å². The van der Waals surface area contributed by atoms with Gasteiger partial charge in [0.05, 0.1) is 11.1 Å². The van der Waals surface area contributed by atoms with E-state index in [0.29, 0.717) is 32.7 Å². The maximum absolute atomic E-state index is 11.5. The fourth-order valence-electron chi connectivity index (χ4n) is 6.43. The Kier molecular flexibility index (Phi) is 6.81. The van der Waals surface area contributed by atoms with Crippen molar-refractivity contribution in [2.75, 3.05) is 0 Å². The van der Waals surface area contributed by atoms with Crippen LogP contribution in [0.15, 0.2) is 84.9 Å². The zero-order valence-electron chi connectivity index (χ0n) is 24.5. The Morgan fingerprint density at radius 3 is 1.43 bits per heavy atom. The van der Waals surface area contributed by atoms with Crippen LogP contribution < -0.4 is 0 Å². The molecule has 0 spiro atoms. The van der Waals surface area contributed by atoms with Gasteiger partial charge in [-0.15, -0.1) is 0 Å². The molecular weight excluding hydrogens is 623 g/mol. The standard InChI is InChI=1S/C38H26Cl2O6/c1-17-33(41)29(37(45)31(39)35(17)43)27-23-11-5-6-12-24(23)28(30-34(42)18(2)36(44)32(40)38(30)46)26-16-20(14-15-25(26)27)22-13-7-9-19-8-3-4-10-21(19)22/h3-16,41-46H,1-2H3. The van der Waals surface area contributed by atoms with Gasteiger partial charge >= 0.3 is 0 Å². The SMILES string of the molecule is Cc1c(O)c(Cl)c(O)c(-c2c3ccccc3c(-c3c(O)c(C)c(O)c(Cl)c3O)c3cc(-c4cccc5ccccc45)ccc23)c1O.